The maximum absolute atomic E-state index is 14.4. The maximum atomic E-state index is 14.4. The molecular formula is C30H33FN2O2. The molecule has 0 unspecified atom stereocenters. The molecule has 0 saturated heterocycles. The topological polar surface area (TPSA) is 49.4 Å². The van der Waals surface area contributed by atoms with Gasteiger partial charge in [0.05, 0.1) is 6.42 Å². The molecule has 0 bridgehead atoms. The maximum Gasteiger partial charge on any atom is 0.243 e. The quantitative estimate of drug-likeness (QED) is 0.455. The van der Waals surface area contributed by atoms with Crippen molar-refractivity contribution in [3.63, 3.8) is 0 Å². The summed E-state index contributed by atoms with van der Waals surface area (Å²) >= 11 is 0. The molecule has 0 radical (unpaired) electrons. The van der Waals surface area contributed by atoms with Gasteiger partial charge < -0.3 is 10.2 Å². The Kier molecular flexibility index (Phi) is 8.30. The molecule has 0 spiro atoms. The molecule has 35 heavy (non-hydrogen) atoms. The number of halogens is 1. The Bertz CT molecular complexity index is 1140. The largest absolute Gasteiger partial charge is 0.352 e. The fraction of sp³-hybridized carbons (Fsp3) is 0.333. The van der Waals surface area contributed by atoms with Gasteiger partial charge in [-0.15, -0.1) is 0 Å². The van der Waals surface area contributed by atoms with E-state index in [1.807, 2.05) is 61.5 Å². The van der Waals surface area contributed by atoms with Crippen LogP contribution in [0.4, 0.5) is 4.39 Å². The number of carbonyl (C=O) groups excluding carboxylic acids is 2. The first-order chi connectivity index (χ1) is 17.0. The number of nitrogens with one attached hydrogen (secondary N) is 1. The Morgan fingerprint density at radius 1 is 0.943 bits per heavy atom. The molecule has 3 aromatic carbocycles. The average Bonchev–Trinajstić information content (AvgIpc) is 3.36. The van der Waals surface area contributed by atoms with Crippen molar-refractivity contribution >= 4 is 11.8 Å². The summed E-state index contributed by atoms with van der Waals surface area (Å²) in [5.74, 6) is -0.819. The van der Waals surface area contributed by atoms with Gasteiger partial charge in [-0.25, -0.2) is 4.39 Å². The van der Waals surface area contributed by atoms with E-state index in [1.165, 1.54) is 6.07 Å². The van der Waals surface area contributed by atoms with E-state index in [0.717, 1.165) is 42.4 Å². The van der Waals surface area contributed by atoms with Crippen LogP contribution in [-0.2, 0) is 29.0 Å². The number of carbonyl (C=O) groups is 2. The molecule has 0 aromatic heterocycles. The predicted octanol–water partition coefficient (Wildman–Crippen LogP) is 5.38. The predicted molar refractivity (Wildman–Crippen MR) is 136 cm³/mol. The average molecular weight is 473 g/mol. The van der Waals surface area contributed by atoms with Crippen molar-refractivity contribution in [2.24, 2.45) is 0 Å². The molecule has 4 rings (SSSR count). The summed E-state index contributed by atoms with van der Waals surface area (Å²) < 4.78 is 14.4. The lowest BCUT2D eigenvalue weighted by atomic mass is 10.0. The standard InChI is InChI=1S/C30H33FN2O2/c1-22-10-9-13-24(18-22)21-33(29(34)20-25-14-5-8-17-27(25)31)28(19-23-11-3-2-4-12-23)30(35)32-26-15-6-7-16-26/h2-5,8-14,17-18,26,28H,6-7,15-16,19-21H2,1H3,(H,32,35)/t28-/m1/s1. The zero-order valence-electron chi connectivity index (χ0n) is 20.3. The van der Waals surface area contributed by atoms with E-state index in [0.29, 0.717) is 12.0 Å². The van der Waals surface area contributed by atoms with Gasteiger partial charge in [0.25, 0.3) is 0 Å². The second-order valence-electron chi connectivity index (χ2n) is 9.47. The number of rotatable bonds is 9. The molecule has 1 fully saturated rings. The molecule has 0 heterocycles. The van der Waals surface area contributed by atoms with Crippen LogP contribution in [0.15, 0.2) is 78.9 Å². The normalized spacial score (nSPS) is 14.5. The van der Waals surface area contributed by atoms with Crippen molar-refractivity contribution in [2.75, 3.05) is 0 Å². The monoisotopic (exact) mass is 472 g/mol. The Balaban J connectivity index is 1.67. The van der Waals surface area contributed by atoms with Crippen molar-refractivity contribution in [2.45, 2.75) is 64.1 Å². The summed E-state index contributed by atoms with van der Waals surface area (Å²) in [6.45, 7) is 2.29. The third-order valence-corrected chi connectivity index (χ3v) is 6.71. The van der Waals surface area contributed by atoms with Crippen LogP contribution >= 0.6 is 0 Å². The van der Waals surface area contributed by atoms with Crippen LogP contribution in [0.2, 0.25) is 0 Å². The molecule has 1 aliphatic carbocycles. The summed E-state index contributed by atoms with van der Waals surface area (Å²) in [6, 6.07) is 23.5. The number of nitrogens with zero attached hydrogens (tertiary/aromatic N) is 1. The van der Waals surface area contributed by atoms with Crippen molar-refractivity contribution in [3.8, 4) is 0 Å². The van der Waals surface area contributed by atoms with Crippen LogP contribution in [0.3, 0.4) is 0 Å². The van der Waals surface area contributed by atoms with Gasteiger partial charge in [0.2, 0.25) is 11.8 Å². The van der Waals surface area contributed by atoms with E-state index in [4.69, 9.17) is 0 Å². The lowest BCUT2D eigenvalue weighted by Crippen LogP contribution is -2.52. The van der Waals surface area contributed by atoms with E-state index in [2.05, 4.69) is 5.32 Å². The molecule has 1 aliphatic rings. The fourth-order valence-corrected chi connectivity index (χ4v) is 4.83. The minimum atomic E-state index is -0.696. The minimum absolute atomic E-state index is 0.0967. The minimum Gasteiger partial charge on any atom is -0.352 e. The highest BCUT2D eigenvalue weighted by Gasteiger charge is 2.32. The number of hydrogen-bond acceptors (Lipinski definition) is 2. The third kappa shape index (κ3) is 6.78. The first-order valence-electron chi connectivity index (χ1n) is 12.4. The molecule has 1 N–H and O–H groups in total. The summed E-state index contributed by atoms with van der Waals surface area (Å²) in [4.78, 5) is 29.0. The van der Waals surface area contributed by atoms with Crippen LogP contribution in [0.5, 0.6) is 0 Å². The lowest BCUT2D eigenvalue weighted by molar-refractivity contribution is -0.141. The lowest BCUT2D eigenvalue weighted by Gasteiger charge is -2.32. The summed E-state index contributed by atoms with van der Waals surface area (Å²) in [7, 11) is 0. The Labute approximate surface area is 207 Å². The molecule has 182 valence electrons. The summed E-state index contributed by atoms with van der Waals surface area (Å²) in [5, 5.41) is 3.20. The van der Waals surface area contributed by atoms with Gasteiger partial charge in [-0.2, -0.15) is 0 Å². The van der Waals surface area contributed by atoms with E-state index in [-0.39, 0.29) is 30.8 Å². The second kappa shape index (κ2) is 11.8. The van der Waals surface area contributed by atoms with Gasteiger partial charge in [0, 0.05) is 19.0 Å². The Morgan fingerprint density at radius 3 is 2.34 bits per heavy atom. The number of benzene rings is 3. The van der Waals surface area contributed by atoms with E-state index < -0.39 is 11.9 Å². The number of amides is 2. The van der Waals surface area contributed by atoms with Crippen LogP contribution in [-0.4, -0.2) is 28.8 Å². The number of aryl methyl sites for hydroxylation is 1. The SMILES string of the molecule is Cc1cccc(CN(C(=O)Cc2ccccc2F)[C@H](Cc2ccccc2)C(=O)NC2CCCC2)c1. The van der Waals surface area contributed by atoms with Gasteiger partial charge in [0.1, 0.15) is 11.9 Å². The Hall–Kier alpha value is -3.47. The first kappa shape index (κ1) is 24.6. The highest BCUT2D eigenvalue weighted by molar-refractivity contribution is 5.89. The van der Waals surface area contributed by atoms with E-state index in [1.54, 1.807) is 23.1 Å². The van der Waals surface area contributed by atoms with Crippen LogP contribution < -0.4 is 5.32 Å². The van der Waals surface area contributed by atoms with Crippen molar-refractivity contribution < 1.29 is 14.0 Å². The molecular weight excluding hydrogens is 439 g/mol. The van der Waals surface area contributed by atoms with E-state index >= 15 is 0 Å². The van der Waals surface area contributed by atoms with Gasteiger partial charge in [0.15, 0.2) is 0 Å². The molecule has 1 saturated carbocycles. The molecule has 3 aromatic rings. The highest BCUT2D eigenvalue weighted by Crippen LogP contribution is 2.21. The number of hydrogen-bond donors (Lipinski definition) is 1. The van der Waals surface area contributed by atoms with Gasteiger partial charge in [-0.05, 0) is 42.5 Å². The highest BCUT2D eigenvalue weighted by atomic mass is 19.1. The van der Waals surface area contributed by atoms with Gasteiger partial charge >= 0.3 is 0 Å². The Morgan fingerprint density at radius 2 is 1.63 bits per heavy atom. The molecule has 0 aliphatic heterocycles. The molecule has 5 heteroatoms. The van der Waals surface area contributed by atoms with Gasteiger partial charge in [-0.1, -0.05) is 91.2 Å². The summed E-state index contributed by atoms with van der Waals surface area (Å²) in [6.07, 6.45) is 4.44. The van der Waals surface area contributed by atoms with E-state index in [9.17, 15) is 14.0 Å². The van der Waals surface area contributed by atoms with Crippen LogP contribution in [0.1, 0.15) is 47.9 Å². The molecule has 2 amide bonds. The first-order valence-corrected chi connectivity index (χ1v) is 12.4. The van der Waals surface area contributed by atoms with Crippen molar-refractivity contribution in [1.82, 2.24) is 10.2 Å². The van der Waals surface area contributed by atoms with Crippen LogP contribution in [0.25, 0.3) is 0 Å². The van der Waals surface area contributed by atoms with Crippen LogP contribution in [0, 0.1) is 12.7 Å². The summed E-state index contributed by atoms with van der Waals surface area (Å²) in [5.41, 5.74) is 3.34. The second-order valence-corrected chi connectivity index (χ2v) is 9.47. The fourth-order valence-electron chi connectivity index (χ4n) is 4.83. The van der Waals surface area contributed by atoms with Crippen molar-refractivity contribution in [3.05, 3.63) is 107 Å². The zero-order valence-corrected chi connectivity index (χ0v) is 20.3. The van der Waals surface area contributed by atoms with Gasteiger partial charge in [-0.3, -0.25) is 9.59 Å². The smallest absolute Gasteiger partial charge is 0.243 e. The third-order valence-electron chi connectivity index (χ3n) is 6.71. The zero-order chi connectivity index (χ0) is 24.6. The molecule has 4 nitrogen and oxygen atoms in total. The molecule has 1 atom stereocenters. The van der Waals surface area contributed by atoms with Crippen molar-refractivity contribution in [1.29, 1.82) is 0 Å².